The van der Waals surface area contributed by atoms with Gasteiger partial charge in [-0.25, -0.2) is 12.8 Å². The molecule has 1 fully saturated rings. The molecule has 0 saturated carbocycles. The Hall–Kier alpha value is -1.44. The van der Waals surface area contributed by atoms with E-state index in [1.54, 1.807) is 31.3 Å². The van der Waals surface area contributed by atoms with E-state index in [9.17, 15) is 8.42 Å². The van der Waals surface area contributed by atoms with E-state index in [4.69, 9.17) is 11.6 Å². The van der Waals surface area contributed by atoms with Crippen molar-refractivity contribution in [3.8, 4) is 0 Å². The molecule has 1 aromatic carbocycles. The van der Waals surface area contributed by atoms with Crippen LogP contribution in [0.25, 0.3) is 0 Å². The molecule has 118 valence electrons. The number of nitrogens with zero attached hydrogens (tertiary/aromatic N) is 3. The second-order valence-corrected chi connectivity index (χ2v) is 7.79. The topological polar surface area (TPSA) is 55.2 Å². The minimum absolute atomic E-state index is 0.0744. The quantitative estimate of drug-likeness (QED) is 0.859. The zero-order chi connectivity index (χ0) is 16.0. The third kappa shape index (κ3) is 2.64. The van der Waals surface area contributed by atoms with Crippen LogP contribution in [0.15, 0.2) is 41.6 Å². The zero-order valence-electron chi connectivity index (χ0n) is 11.9. The van der Waals surface area contributed by atoms with Gasteiger partial charge >= 0.3 is 0 Å². The highest BCUT2D eigenvalue weighted by Gasteiger charge is 2.45. The average Bonchev–Trinajstić information content (AvgIpc) is 3.07. The fraction of sp³-hybridized carbons (Fsp3) is 0.357. The molecular formula is C14H15ClFN3O2S. The fourth-order valence-electron chi connectivity index (χ4n) is 2.63. The molecule has 1 saturated heterocycles. The molecule has 1 aliphatic heterocycles. The predicted molar refractivity (Wildman–Crippen MR) is 80.8 cm³/mol. The van der Waals surface area contributed by atoms with Crippen LogP contribution in [0.1, 0.15) is 12.0 Å². The summed E-state index contributed by atoms with van der Waals surface area (Å²) in [7, 11) is -2.10. The van der Waals surface area contributed by atoms with Crippen molar-refractivity contribution in [3.63, 3.8) is 0 Å². The van der Waals surface area contributed by atoms with Gasteiger partial charge < -0.3 is 0 Å². The molecule has 2 heterocycles. The molecule has 3 rings (SSSR count). The summed E-state index contributed by atoms with van der Waals surface area (Å²) in [5, 5.41) is 4.29. The number of benzene rings is 1. The number of aromatic nitrogens is 2. The summed E-state index contributed by atoms with van der Waals surface area (Å²) >= 11 is 5.90. The number of halogens is 2. The van der Waals surface area contributed by atoms with Crippen LogP contribution in [0.5, 0.6) is 0 Å². The van der Waals surface area contributed by atoms with E-state index in [0.717, 1.165) is 4.31 Å². The van der Waals surface area contributed by atoms with E-state index >= 15 is 4.39 Å². The molecule has 0 spiro atoms. The lowest BCUT2D eigenvalue weighted by Crippen LogP contribution is -2.32. The zero-order valence-corrected chi connectivity index (χ0v) is 13.5. The smallest absolute Gasteiger partial charge is 0.246 e. The molecule has 2 aromatic rings. The van der Waals surface area contributed by atoms with Crippen molar-refractivity contribution in [1.29, 1.82) is 0 Å². The van der Waals surface area contributed by atoms with Crippen LogP contribution >= 0.6 is 11.6 Å². The molecule has 0 bridgehead atoms. The minimum atomic E-state index is -3.73. The van der Waals surface area contributed by atoms with Gasteiger partial charge in [-0.05, 0) is 17.7 Å². The van der Waals surface area contributed by atoms with Crippen molar-refractivity contribution in [3.05, 3.63) is 47.2 Å². The lowest BCUT2D eigenvalue weighted by atomic mass is 9.95. The third-order valence-corrected chi connectivity index (χ3v) is 5.88. The summed E-state index contributed by atoms with van der Waals surface area (Å²) in [6.07, 6.45) is 2.78. The second-order valence-electron chi connectivity index (χ2n) is 5.41. The molecular weight excluding hydrogens is 329 g/mol. The summed E-state index contributed by atoms with van der Waals surface area (Å²) in [6, 6.07) is 6.50. The second kappa shape index (κ2) is 5.33. The molecule has 0 N–H and O–H groups in total. The van der Waals surface area contributed by atoms with E-state index in [-0.39, 0.29) is 24.4 Å². The monoisotopic (exact) mass is 343 g/mol. The maximum atomic E-state index is 15.1. The first-order valence-corrected chi connectivity index (χ1v) is 8.57. The summed E-state index contributed by atoms with van der Waals surface area (Å²) in [6.45, 7) is -0.0924. The number of alkyl halides is 1. The van der Waals surface area contributed by atoms with Gasteiger partial charge in [0.1, 0.15) is 4.90 Å². The van der Waals surface area contributed by atoms with E-state index < -0.39 is 15.7 Å². The van der Waals surface area contributed by atoms with Gasteiger partial charge in [-0.1, -0.05) is 23.7 Å². The van der Waals surface area contributed by atoms with Crippen LogP contribution < -0.4 is 0 Å². The van der Waals surface area contributed by atoms with Crippen LogP contribution in [0, 0.1) is 0 Å². The Balaban J connectivity index is 1.88. The maximum absolute atomic E-state index is 15.1. The molecule has 1 atom stereocenters. The van der Waals surface area contributed by atoms with Gasteiger partial charge in [-0.2, -0.15) is 9.40 Å². The molecule has 0 aliphatic carbocycles. The van der Waals surface area contributed by atoms with E-state index in [1.165, 1.54) is 17.1 Å². The number of aryl methyl sites for hydroxylation is 1. The van der Waals surface area contributed by atoms with Crippen molar-refractivity contribution in [2.45, 2.75) is 17.0 Å². The highest BCUT2D eigenvalue weighted by molar-refractivity contribution is 7.89. The molecule has 22 heavy (non-hydrogen) atoms. The van der Waals surface area contributed by atoms with E-state index in [0.29, 0.717) is 10.6 Å². The first-order valence-electron chi connectivity index (χ1n) is 6.75. The number of hydrogen-bond acceptors (Lipinski definition) is 3. The summed E-state index contributed by atoms with van der Waals surface area (Å²) in [5.74, 6) is 0. The largest absolute Gasteiger partial charge is 0.274 e. The van der Waals surface area contributed by atoms with E-state index in [1.807, 2.05) is 0 Å². The number of rotatable bonds is 3. The summed E-state index contributed by atoms with van der Waals surface area (Å²) in [5.41, 5.74) is -1.32. The van der Waals surface area contributed by atoms with Crippen molar-refractivity contribution < 1.29 is 12.8 Å². The van der Waals surface area contributed by atoms with E-state index in [2.05, 4.69) is 5.10 Å². The van der Waals surface area contributed by atoms with Crippen LogP contribution in [-0.4, -0.2) is 35.6 Å². The van der Waals surface area contributed by atoms with Crippen LogP contribution in [0.4, 0.5) is 4.39 Å². The first kappa shape index (κ1) is 15.5. The van der Waals surface area contributed by atoms with Gasteiger partial charge in [0.05, 0.1) is 12.7 Å². The van der Waals surface area contributed by atoms with Crippen molar-refractivity contribution in [1.82, 2.24) is 14.1 Å². The molecule has 1 aliphatic rings. The minimum Gasteiger partial charge on any atom is -0.274 e. The standard InChI is InChI=1S/C14H15ClFN3O2S/c1-18-9-13(8-17-18)22(20,21)19-6-5-14(16,10-19)11-3-2-4-12(15)7-11/h2-4,7-9H,5-6,10H2,1H3/t14-/m0/s1. The Bertz CT molecular complexity index is 808. The number of hydrogen-bond donors (Lipinski definition) is 0. The van der Waals surface area contributed by atoms with Crippen molar-refractivity contribution in [2.24, 2.45) is 7.05 Å². The summed E-state index contributed by atoms with van der Waals surface area (Å²) < 4.78 is 42.7. The first-order chi connectivity index (χ1) is 10.3. The Morgan fingerprint density at radius 3 is 2.82 bits per heavy atom. The fourth-order valence-corrected chi connectivity index (χ4v) is 4.29. The van der Waals surface area contributed by atoms with Crippen LogP contribution in [-0.2, 0) is 22.7 Å². The highest BCUT2D eigenvalue weighted by Crippen LogP contribution is 2.39. The molecule has 1 aromatic heterocycles. The summed E-state index contributed by atoms with van der Waals surface area (Å²) in [4.78, 5) is 0.0744. The molecule has 0 unspecified atom stereocenters. The number of sulfonamides is 1. The Labute approximate surface area is 133 Å². The van der Waals surface area contributed by atoms with Gasteiger partial charge in [0.15, 0.2) is 5.67 Å². The molecule has 5 nitrogen and oxygen atoms in total. The van der Waals surface area contributed by atoms with Gasteiger partial charge in [-0.15, -0.1) is 0 Å². The van der Waals surface area contributed by atoms with Gasteiger partial charge in [0.2, 0.25) is 10.0 Å². The predicted octanol–water partition coefficient (Wildman–Crippen LogP) is 2.33. The van der Waals surface area contributed by atoms with Crippen LogP contribution in [0.2, 0.25) is 5.02 Å². The van der Waals surface area contributed by atoms with Crippen molar-refractivity contribution >= 4 is 21.6 Å². The Morgan fingerprint density at radius 2 is 2.18 bits per heavy atom. The van der Waals surface area contributed by atoms with Crippen molar-refractivity contribution in [2.75, 3.05) is 13.1 Å². The third-order valence-electron chi connectivity index (χ3n) is 3.85. The van der Waals surface area contributed by atoms with Gasteiger partial charge in [-0.3, -0.25) is 4.68 Å². The molecule has 0 amide bonds. The molecule has 8 heteroatoms. The van der Waals surface area contributed by atoms with Gasteiger partial charge in [0, 0.05) is 31.2 Å². The Kier molecular flexibility index (Phi) is 3.74. The lowest BCUT2D eigenvalue weighted by molar-refractivity contribution is 0.183. The maximum Gasteiger partial charge on any atom is 0.246 e. The average molecular weight is 344 g/mol. The normalized spacial score (nSPS) is 23.0. The highest BCUT2D eigenvalue weighted by atomic mass is 35.5. The molecule has 0 radical (unpaired) electrons. The SMILES string of the molecule is Cn1cc(S(=O)(=O)N2CC[C@@](F)(c3cccc(Cl)c3)C2)cn1. The van der Waals surface area contributed by atoms with Gasteiger partial charge in [0.25, 0.3) is 0 Å². The lowest BCUT2D eigenvalue weighted by Gasteiger charge is -2.21. The Morgan fingerprint density at radius 1 is 1.41 bits per heavy atom. The van der Waals surface area contributed by atoms with Crippen LogP contribution in [0.3, 0.4) is 0 Å².